The van der Waals surface area contributed by atoms with Gasteiger partial charge in [-0.15, -0.1) is 0 Å². The van der Waals surface area contributed by atoms with E-state index < -0.39 is 5.97 Å². The van der Waals surface area contributed by atoms with Crippen molar-refractivity contribution in [2.45, 2.75) is 38.3 Å². The first-order chi connectivity index (χ1) is 12.0. The number of hydrogen-bond donors (Lipinski definition) is 3. The van der Waals surface area contributed by atoms with E-state index in [-0.39, 0.29) is 24.5 Å². The molecule has 3 N–H and O–H groups in total. The van der Waals surface area contributed by atoms with Crippen LogP contribution in [-0.4, -0.2) is 23.1 Å². The van der Waals surface area contributed by atoms with Gasteiger partial charge < -0.3 is 15.7 Å². The lowest BCUT2D eigenvalue weighted by molar-refractivity contribution is -0.137. The third-order valence-electron chi connectivity index (χ3n) is 4.01. The van der Waals surface area contributed by atoms with Gasteiger partial charge in [0, 0.05) is 12.5 Å². The molecule has 0 aliphatic heterocycles. The van der Waals surface area contributed by atoms with Gasteiger partial charge in [0.1, 0.15) is 0 Å². The molecule has 0 aliphatic carbocycles. The maximum absolute atomic E-state index is 12.3. The van der Waals surface area contributed by atoms with Crippen molar-refractivity contribution in [2.24, 2.45) is 0 Å². The van der Waals surface area contributed by atoms with Crippen molar-refractivity contribution >= 4 is 12.0 Å². The van der Waals surface area contributed by atoms with Crippen LogP contribution in [0.2, 0.25) is 0 Å². The lowest BCUT2D eigenvalue weighted by Gasteiger charge is -2.21. The molecule has 0 heterocycles. The molecule has 5 heteroatoms. The second-order valence-electron chi connectivity index (χ2n) is 6.07. The summed E-state index contributed by atoms with van der Waals surface area (Å²) in [4.78, 5) is 23.2. The molecule has 2 amide bonds. The quantitative estimate of drug-likeness (QED) is 0.688. The number of carbonyl (C=O) groups is 2. The normalized spacial score (nSPS) is 12.8. The SMILES string of the molecule is CC(NC(=O)NC(CCC(=O)O)Cc1ccccc1)c1ccccc1. The number of hydrogen-bond acceptors (Lipinski definition) is 2. The summed E-state index contributed by atoms with van der Waals surface area (Å²) in [6, 6.07) is 18.8. The second-order valence-corrected chi connectivity index (χ2v) is 6.07. The number of benzene rings is 2. The number of carboxylic acids is 1. The second kappa shape index (κ2) is 9.47. The molecule has 0 radical (unpaired) electrons. The number of carbonyl (C=O) groups excluding carboxylic acids is 1. The Labute approximate surface area is 148 Å². The zero-order chi connectivity index (χ0) is 18.1. The average molecular weight is 340 g/mol. The van der Waals surface area contributed by atoms with Crippen LogP contribution in [0.4, 0.5) is 4.79 Å². The molecule has 2 atom stereocenters. The molecule has 0 fully saturated rings. The molecule has 132 valence electrons. The molecule has 2 aromatic rings. The summed E-state index contributed by atoms with van der Waals surface area (Å²) in [5.74, 6) is -0.863. The molecule has 2 aromatic carbocycles. The number of amides is 2. The maximum atomic E-state index is 12.3. The van der Waals surface area contributed by atoms with Gasteiger partial charge in [0.2, 0.25) is 0 Å². The van der Waals surface area contributed by atoms with E-state index in [1.807, 2.05) is 67.6 Å². The number of nitrogens with one attached hydrogen (secondary N) is 2. The van der Waals surface area contributed by atoms with Gasteiger partial charge in [-0.3, -0.25) is 4.79 Å². The molecule has 0 saturated carbocycles. The minimum atomic E-state index is -0.863. The Morgan fingerprint density at radius 3 is 2.16 bits per heavy atom. The van der Waals surface area contributed by atoms with Crippen LogP contribution >= 0.6 is 0 Å². The van der Waals surface area contributed by atoms with Gasteiger partial charge in [0.15, 0.2) is 0 Å². The Morgan fingerprint density at radius 1 is 0.960 bits per heavy atom. The highest BCUT2D eigenvalue weighted by atomic mass is 16.4. The monoisotopic (exact) mass is 340 g/mol. The van der Waals surface area contributed by atoms with Crippen molar-refractivity contribution in [1.29, 1.82) is 0 Å². The minimum Gasteiger partial charge on any atom is -0.481 e. The molecule has 2 unspecified atom stereocenters. The number of rotatable bonds is 8. The third-order valence-corrected chi connectivity index (χ3v) is 4.01. The van der Waals surface area contributed by atoms with Gasteiger partial charge in [0.25, 0.3) is 0 Å². The van der Waals surface area contributed by atoms with Crippen LogP contribution in [0, 0.1) is 0 Å². The first-order valence-corrected chi connectivity index (χ1v) is 8.42. The lowest BCUT2D eigenvalue weighted by atomic mass is 10.0. The maximum Gasteiger partial charge on any atom is 0.315 e. The van der Waals surface area contributed by atoms with Gasteiger partial charge in [-0.2, -0.15) is 0 Å². The van der Waals surface area contributed by atoms with Crippen molar-refractivity contribution in [3.05, 3.63) is 71.8 Å². The van der Waals surface area contributed by atoms with E-state index in [1.165, 1.54) is 0 Å². The zero-order valence-electron chi connectivity index (χ0n) is 14.3. The Morgan fingerprint density at radius 2 is 1.56 bits per heavy atom. The molecule has 0 spiro atoms. The van der Waals surface area contributed by atoms with Crippen LogP contribution in [0.1, 0.15) is 36.9 Å². The van der Waals surface area contributed by atoms with Crippen molar-refractivity contribution in [3.63, 3.8) is 0 Å². The summed E-state index contributed by atoms with van der Waals surface area (Å²) in [5, 5.41) is 14.7. The first kappa shape index (κ1) is 18.5. The van der Waals surface area contributed by atoms with E-state index in [9.17, 15) is 9.59 Å². The fraction of sp³-hybridized carbons (Fsp3) is 0.300. The largest absolute Gasteiger partial charge is 0.481 e. The van der Waals surface area contributed by atoms with E-state index in [2.05, 4.69) is 10.6 Å². The van der Waals surface area contributed by atoms with E-state index in [4.69, 9.17) is 5.11 Å². The Kier molecular flexibility index (Phi) is 7.01. The summed E-state index contributed by atoms with van der Waals surface area (Å²) >= 11 is 0. The molecule has 0 bridgehead atoms. The standard InChI is InChI=1S/C20H24N2O3/c1-15(17-10-6-3-7-11-17)21-20(25)22-18(12-13-19(23)24)14-16-8-4-2-5-9-16/h2-11,15,18H,12-14H2,1H3,(H,23,24)(H2,21,22,25). The van der Waals surface area contributed by atoms with E-state index >= 15 is 0 Å². The fourth-order valence-electron chi connectivity index (χ4n) is 2.67. The summed E-state index contributed by atoms with van der Waals surface area (Å²) in [6.07, 6.45) is 1.00. The number of carboxylic acid groups (broad SMARTS) is 1. The van der Waals surface area contributed by atoms with E-state index in [1.54, 1.807) is 0 Å². The Hall–Kier alpha value is -2.82. The van der Waals surface area contributed by atoms with Crippen molar-refractivity contribution in [2.75, 3.05) is 0 Å². The average Bonchev–Trinajstić information content (AvgIpc) is 2.61. The smallest absolute Gasteiger partial charge is 0.315 e. The molecule has 5 nitrogen and oxygen atoms in total. The predicted molar refractivity (Wildman–Crippen MR) is 97.3 cm³/mol. The van der Waals surface area contributed by atoms with Crippen LogP contribution in [-0.2, 0) is 11.2 Å². The highest BCUT2D eigenvalue weighted by Gasteiger charge is 2.16. The van der Waals surface area contributed by atoms with Gasteiger partial charge >= 0.3 is 12.0 Å². The molecule has 0 saturated heterocycles. The van der Waals surface area contributed by atoms with E-state index in [0.29, 0.717) is 12.8 Å². The third kappa shape index (κ3) is 6.67. The number of aliphatic carboxylic acids is 1. The topological polar surface area (TPSA) is 78.4 Å². The van der Waals surface area contributed by atoms with Gasteiger partial charge in [-0.25, -0.2) is 4.79 Å². The van der Waals surface area contributed by atoms with Gasteiger partial charge in [-0.05, 0) is 30.9 Å². The first-order valence-electron chi connectivity index (χ1n) is 8.42. The lowest BCUT2D eigenvalue weighted by Crippen LogP contribution is -2.44. The van der Waals surface area contributed by atoms with E-state index in [0.717, 1.165) is 11.1 Å². The highest BCUT2D eigenvalue weighted by molar-refractivity contribution is 5.75. The van der Waals surface area contributed by atoms with Crippen molar-refractivity contribution < 1.29 is 14.7 Å². The van der Waals surface area contributed by atoms with Gasteiger partial charge in [0.05, 0.1) is 6.04 Å². The Bertz CT molecular complexity index is 674. The summed E-state index contributed by atoms with van der Waals surface area (Å²) in [7, 11) is 0. The van der Waals surface area contributed by atoms with Crippen LogP contribution in [0.25, 0.3) is 0 Å². The summed E-state index contributed by atoms with van der Waals surface area (Å²) in [5.41, 5.74) is 2.08. The van der Waals surface area contributed by atoms with Crippen LogP contribution in [0.5, 0.6) is 0 Å². The van der Waals surface area contributed by atoms with Crippen LogP contribution in [0.15, 0.2) is 60.7 Å². The van der Waals surface area contributed by atoms with Crippen molar-refractivity contribution in [3.8, 4) is 0 Å². The molecule has 2 rings (SSSR count). The number of urea groups is 1. The summed E-state index contributed by atoms with van der Waals surface area (Å²) in [6.45, 7) is 1.92. The minimum absolute atomic E-state index is 0.0199. The molecule has 0 aliphatic rings. The van der Waals surface area contributed by atoms with Crippen molar-refractivity contribution in [1.82, 2.24) is 10.6 Å². The zero-order valence-corrected chi connectivity index (χ0v) is 14.3. The molecule has 0 aromatic heterocycles. The highest BCUT2D eigenvalue weighted by Crippen LogP contribution is 2.12. The molecular formula is C20H24N2O3. The fourth-order valence-corrected chi connectivity index (χ4v) is 2.67. The predicted octanol–water partition coefficient (Wildman–Crippen LogP) is 3.52. The summed E-state index contributed by atoms with van der Waals surface area (Å²) < 4.78 is 0. The molecular weight excluding hydrogens is 316 g/mol. The Balaban J connectivity index is 1.94. The van der Waals surface area contributed by atoms with Crippen LogP contribution < -0.4 is 10.6 Å². The van der Waals surface area contributed by atoms with Crippen LogP contribution in [0.3, 0.4) is 0 Å². The van der Waals surface area contributed by atoms with Gasteiger partial charge in [-0.1, -0.05) is 60.7 Å². The molecule has 25 heavy (non-hydrogen) atoms.